The molecule has 2 aliphatic rings. The highest BCUT2D eigenvalue weighted by Gasteiger charge is 2.44. The van der Waals surface area contributed by atoms with E-state index in [1.807, 2.05) is 0 Å². The summed E-state index contributed by atoms with van der Waals surface area (Å²) in [6, 6.07) is 5.41. The van der Waals surface area contributed by atoms with Crippen LogP contribution < -0.4 is 10.2 Å². The van der Waals surface area contributed by atoms with Gasteiger partial charge in [-0.2, -0.15) is 0 Å². The van der Waals surface area contributed by atoms with E-state index in [9.17, 15) is 50.8 Å². The van der Waals surface area contributed by atoms with Gasteiger partial charge in [0, 0.05) is 24.1 Å². The molecule has 3 aromatic rings. The van der Waals surface area contributed by atoms with Crippen molar-refractivity contribution in [3.8, 4) is 40.1 Å². The Kier molecular flexibility index (Phi) is 8.19. The number of benzene rings is 2. The number of ether oxygens (including phenoxy) is 4. The third-order valence-electron chi connectivity index (χ3n) is 7.15. The van der Waals surface area contributed by atoms with Gasteiger partial charge in [0.05, 0.1) is 24.9 Å². The fourth-order valence-electron chi connectivity index (χ4n) is 4.82. The molecule has 228 valence electrons. The number of fused-ring (bicyclic) bond motifs is 1. The monoisotopic (exact) mass is 594 g/mol. The van der Waals surface area contributed by atoms with Crippen molar-refractivity contribution in [3.05, 3.63) is 40.6 Å². The van der Waals surface area contributed by atoms with Gasteiger partial charge in [-0.05, 0) is 25.1 Å². The molecule has 0 aliphatic carbocycles. The van der Waals surface area contributed by atoms with E-state index in [0.717, 1.165) is 24.3 Å². The number of rotatable bonds is 6. The van der Waals surface area contributed by atoms with Crippen molar-refractivity contribution in [1.29, 1.82) is 0 Å². The molecule has 5 rings (SSSR count). The lowest BCUT2D eigenvalue weighted by molar-refractivity contribution is -0.307. The average Bonchev–Trinajstić information content (AvgIpc) is 2.93. The standard InChI is InChI=1S/C27H30O15/c1-9-19(33)22(36)23(37)26(39-9)38-8-12-7-16(32)20(34)27(40-12)42-25-21(35)18-15(31)5-11(28)6-17(18)41-24(25)10-2-3-13(29)14(30)4-10/h2-6,9,12,16,19-20,22-23,26-34,36-37H,7-8H2,1H3/t9-,12-,16+,19+,20-,22-,23-,26-,27+/m1/s1. The van der Waals surface area contributed by atoms with Gasteiger partial charge in [-0.1, -0.05) is 0 Å². The molecule has 15 nitrogen and oxygen atoms in total. The van der Waals surface area contributed by atoms with Crippen molar-refractivity contribution < 1.29 is 69.3 Å². The molecule has 1 aromatic heterocycles. The Morgan fingerprint density at radius 3 is 2.29 bits per heavy atom. The van der Waals surface area contributed by atoms with Crippen molar-refractivity contribution >= 4 is 11.0 Å². The molecular weight excluding hydrogens is 564 g/mol. The lowest BCUT2D eigenvalue weighted by atomic mass is 10.00. The average molecular weight is 595 g/mol. The van der Waals surface area contributed by atoms with Gasteiger partial charge >= 0.3 is 0 Å². The van der Waals surface area contributed by atoms with E-state index in [2.05, 4.69) is 0 Å². The van der Waals surface area contributed by atoms with Crippen molar-refractivity contribution in [2.45, 2.75) is 68.7 Å². The molecule has 0 saturated carbocycles. The third-order valence-corrected chi connectivity index (χ3v) is 7.15. The zero-order chi connectivity index (χ0) is 30.5. The summed E-state index contributed by atoms with van der Waals surface area (Å²) in [5.74, 6) is -3.05. The quantitative estimate of drug-likeness (QED) is 0.161. The normalized spacial score (nSPS) is 31.7. The molecule has 0 unspecified atom stereocenters. The SMILES string of the molecule is C[C@H]1O[C@@H](OC[C@H]2C[C@H](O)[C@@H](O)[C@H](Oc3c(-c4ccc(O)c(O)c4)oc4cc(O)cc(O)c4c3=O)O2)[C@H](O)[C@H](O)[C@H]1O. The largest absolute Gasteiger partial charge is 0.508 e. The first kappa shape index (κ1) is 29.8. The number of aromatic hydroxyl groups is 4. The molecule has 0 radical (unpaired) electrons. The Hall–Kier alpha value is -3.67. The maximum absolute atomic E-state index is 13.6. The number of phenolic OH excluding ortho intramolecular Hbond substituents is 4. The van der Waals surface area contributed by atoms with Gasteiger partial charge in [-0.25, -0.2) is 0 Å². The maximum atomic E-state index is 13.6. The minimum atomic E-state index is -1.71. The summed E-state index contributed by atoms with van der Waals surface area (Å²) in [7, 11) is 0. The van der Waals surface area contributed by atoms with Gasteiger partial charge in [-0.3, -0.25) is 4.79 Å². The fraction of sp³-hybridized carbons (Fsp3) is 0.444. The predicted molar refractivity (Wildman–Crippen MR) is 139 cm³/mol. The topological polar surface area (TPSA) is 249 Å². The molecule has 0 amide bonds. The molecule has 0 spiro atoms. The fourth-order valence-corrected chi connectivity index (χ4v) is 4.82. The second kappa shape index (κ2) is 11.5. The summed E-state index contributed by atoms with van der Waals surface area (Å²) < 4.78 is 28.2. The highest BCUT2D eigenvalue weighted by molar-refractivity contribution is 5.88. The van der Waals surface area contributed by atoms with Gasteiger partial charge in [0.2, 0.25) is 17.5 Å². The van der Waals surface area contributed by atoms with Crippen LogP contribution in [0.2, 0.25) is 0 Å². The number of aliphatic hydroxyl groups is 5. The molecule has 2 aliphatic heterocycles. The molecule has 2 fully saturated rings. The van der Waals surface area contributed by atoms with Crippen LogP contribution in [-0.2, 0) is 14.2 Å². The molecule has 9 N–H and O–H groups in total. The second-order valence-corrected chi connectivity index (χ2v) is 10.2. The number of hydrogen-bond acceptors (Lipinski definition) is 15. The first-order valence-electron chi connectivity index (χ1n) is 12.9. The molecule has 15 heteroatoms. The highest BCUT2D eigenvalue weighted by Crippen LogP contribution is 2.39. The predicted octanol–water partition coefficient (Wildman–Crippen LogP) is -0.658. The number of aliphatic hydroxyl groups excluding tert-OH is 5. The van der Waals surface area contributed by atoms with Crippen LogP contribution in [0.25, 0.3) is 22.3 Å². The summed E-state index contributed by atoms with van der Waals surface area (Å²) in [6.07, 6.45) is -12.7. The Balaban J connectivity index is 1.45. The van der Waals surface area contributed by atoms with Crippen molar-refractivity contribution in [2.75, 3.05) is 6.61 Å². The highest BCUT2D eigenvalue weighted by atomic mass is 16.7. The van der Waals surface area contributed by atoms with Crippen molar-refractivity contribution in [2.24, 2.45) is 0 Å². The van der Waals surface area contributed by atoms with Crippen LogP contribution >= 0.6 is 0 Å². The van der Waals surface area contributed by atoms with E-state index in [4.69, 9.17) is 23.4 Å². The maximum Gasteiger partial charge on any atom is 0.239 e. The van der Waals surface area contributed by atoms with Gasteiger partial charge < -0.3 is 69.3 Å². The first-order valence-corrected chi connectivity index (χ1v) is 12.9. The molecule has 3 heterocycles. The van der Waals surface area contributed by atoms with E-state index in [1.165, 1.54) is 13.0 Å². The lowest BCUT2D eigenvalue weighted by Gasteiger charge is -2.40. The third kappa shape index (κ3) is 5.56. The Morgan fingerprint density at radius 2 is 1.57 bits per heavy atom. The molecular formula is C27H30O15. The minimum Gasteiger partial charge on any atom is -0.508 e. The van der Waals surface area contributed by atoms with E-state index in [1.54, 1.807) is 0 Å². The van der Waals surface area contributed by atoms with Crippen LogP contribution in [0, 0.1) is 0 Å². The summed E-state index contributed by atoms with van der Waals surface area (Å²) in [4.78, 5) is 13.6. The van der Waals surface area contributed by atoms with Gasteiger partial charge in [0.15, 0.2) is 23.5 Å². The number of phenols is 4. The molecule has 9 atom stereocenters. The van der Waals surface area contributed by atoms with Gasteiger partial charge in [0.25, 0.3) is 0 Å². The molecule has 42 heavy (non-hydrogen) atoms. The van der Waals surface area contributed by atoms with Gasteiger partial charge in [-0.15, -0.1) is 0 Å². The smallest absolute Gasteiger partial charge is 0.239 e. The Bertz CT molecular complexity index is 1510. The first-order chi connectivity index (χ1) is 19.8. The summed E-state index contributed by atoms with van der Waals surface area (Å²) in [5, 5.41) is 90.9. The van der Waals surface area contributed by atoms with E-state index in [0.29, 0.717) is 0 Å². The van der Waals surface area contributed by atoms with E-state index < -0.39 is 94.9 Å². The molecule has 2 aromatic carbocycles. The molecule has 2 saturated heterocycles. The summed E-state index contributed by atoms with van der Waals surface area (Å²) >= 11 is 0. The van der Waals surface area contributed by atoms with Crippen LogP contribution in [0.4, 0.5) is 0 Å². The second-order valence-electron chi connectivity index (χ2n) is 10.2. The van der Waals surface area contributed by atoms with E-state index >= 15 is 0 Å². The Morgan fingerprint density at radius 1 is 0.833 bits per heavy atom. The van der Waals surface area contributed by atoms with Crippen molar-refractivity contribution in [1.82, 2.24) is 0 Å². The zero-order valence-electron chi connectivity index (χ0n) is 22.0. The number of hydrogen-bond donors (Lipinski definition) is 9. The summed E-state index contributed by atoms with van der Waals surface area (Å²) in [5.41, 5.74) is -1.19. The zero-order valence-corrected chi connectivity index (χ0v) is 22.0. The van der Waals surface area contributed by atoms with Crippen LogP contribution in [0.5, 0.6) is 28.7 Å². The van der Waals surface area contributed by atoms with Crippen LogP contribution in [0.15, 0.2) is 39.5 Å². The minimum absolute atomic E-state index is 0.0196. The van der Waals surface area contributed by atoms with Gasteiger partial charge in [0.1, 0.15) is 46.9 Å². The van der Waals surface area contributed by atoms with Crippen molar-refractivity contribution in [3.63, 3.8) is 0 Å². The van der Waals surface area contributed by atoms with Crippen LogP contribution in [0.3, 0.4) is 0 Å². The summed E-state index contributed by atoms with van der Waals surface area (Å²) in [6.45, 7) is 1.13. The Labute approximate surface area is 236 Å². The van der Waals surface area contributed by atoms with Crippen LogP contribution in [-0.4, -0.2) is 108 Å². The van der Waals surface area contributed by atoms with Crippen LogP contribution in [0.1, 0.15) is 13.3 Å². The van der Waals surface area contributed by atoms with E-state index in [-0.39, 0.29) is 29.9 Å². The molecule has 0 bridgehead atoms. The lowest BCUT2D eigenvalue weighted by Crippen LogP contribution is -2.58.